The summed E-state index contributed by atoms with van der Waals surface area (Å²) in [5.41, 5.74) is 0. The Morgan fingerprint density at radius 1 is 1.19 bits per heavy atom. The minimum atomic E-state index is 0.821. The number of nitrogens with one attached hydrogen (secondary N) is 1. The number of nitrogens with zero attached hydrogens (tertiary/aromatic N) is 1. The van der Waals surface area contributed by atoms with Crippen molar-refractivity contribution in [3.05, 3.63) is 0 Å². The normalized spacial score (nSPS) is 28.5. The smallest absolute Gasteiger partial charge is 0.0224 e. The molecule has 3 heteroatoms. The minimum absolute atomic E-state index is 0.821. The van der Waals surface area contributed by atoms with E-state index in [-0.39, 0.29) is 0 Å². The fourth-order valence-corrected chi connectivity index (χ4v) is 4.14. The van der Waals surface area contributed by atoms with Gasteiger partial charge in [0, 0.05) is 18.6 Å². The molecular formula is C13H26N2S. The van der Waals surface area contributed by atoms with Gasteiger partial charge in [0.25, 0.3) is 0 Å². The highest BCUT2D eigenvalue weighted by Gasteiger charge is 2.27. The van der Waals surface area contributed by atoms with E-state index in [9.17, 15) is 0 Å². The van der Waals surface area contributed by atoms with E-state index in [1.807, 2.05) is 0 Å². The fourth-order valence-electron chi connectivity index (χ4n) is 3.05. The molecule has 0 bridgehead atoms. The lowest BCUT2D eigenvalue weighted by molar-refractivity contribution is 0.105. The van der Waals surface area contributed by atoms with Crippen LogP contribution in [0.2, 0.25) is 0 Å². The van der Waals surface area contributed by atoms with Crippen LogP contribution >= 0.6 is 11.8 Å². The zero-order valence-electron chi connectivity index (χ0n) is 10.6. The molecule has 0 amide bonds. The second-order valence-electron chi connectivity index (χ2n) is 5.08. The average molecular weight is 242 g/mol. The van der Waals surface area contributed by atoms with E-state index < -0.39 is 0 Å². The van der Waals surface area contributed by atoms with Crippen molar-refractivity contribution in [2.75, 3.05) is 31.1 Å². The van der Waals surface area contributed by atoms with Crippen LogP contribution in [0.1, 0.15) is 39.0 Å². The number of hydrogen-bond donors (Lipinski definition) is 1. The van der Waals surface area contributed by atoms with Gasteiger partial charge in [0.15, 0.2) is 0 Å². The Balaban J connectivity index is 1.91. The molecule has 2 nitrogen and oxygen atoms in total. The van der Waals surface area contributed by atoms with E-state index in [2.05, 4.69) is 28.9 Å². The Bertz CT molecular complexity index is 168. The van der Waals surface area contributed by atoms with Crippen molar-refractivity contribution in [3.8, 4) is 0 Å². The first-order valence-electron chi connectivity index (χ1n) is 6.96. The van der Waals surface area contributed by atoms with Crippen LogP contribution in [0.3, 0.4) is 0 Å². The molecular weight excluding hydrogens is 216 g/mol. The van der Waals surface area contributed by atoms with Gasteiger partial charge in [-0.15, -0.1) is 0 Å². The van der Waals surface area contributed by atoms with Gasteiger partial charge < -0.3 is 5.32 Å². The molecule has 0 aromatic rings. The van der Waals surface area contributed by atoms with Crippen molar-refractivity contribution in [2.45, 2.75) is 51.1 Å². The summed E-state index contributed by atoms with van der Waals surface area (Å²) < 4.78 is 0. The SMILES string of the molecule is CCCN(C1CCSCC1)C1CCCNC1. The molecule has 94 valence electrons. The van der Waals surface area contributed by atoms with Gasteiger partial charge in [-0.3, -0.25) is 4.90 Å². The maximum Gasteiger partial charge on any atom is 0.0224 e. The summed E-state index contributed by atoms with van der Waals surface area (Å²) in [5, 5.41) is 3.57. The summed E-state index contributed by atoms with van der Waals surface area (Å²) in [6.45, 7) is 6.09. The molecule has 0 saturated carbocycles. The number of hydrogen-bond acceptors (Lipinski definition) is 3. The quantitative estimate of drug-likeness (QED) is 0.815. The van der Waals surface area contributed by atoms with Crippen molar-refractivity contribution in [2.24, 2.45) is 0 Å². The van der Waals surface area contributed by atoms with E-state index in [1.165, 1.54) is 63.2 Å². The Hall–Kier alpha value is 0.270. The van der Waals surface area contributed by atoms with Gasteiger partial charge >= 0.3 is 0 Å². The molecule has 0 spiro atoms. The monoisotopic (exact) mass is 242 g/mol. The molecule has 2 fully saturated rings. The first-order chi connectivity index (χ1) is 7.92. The molecule has 2 heterocycles. The predicted octanol–water partition coefficient (Wildman–Crippen LogP) is 2.35. The molecule has 0 radical (unpaired) electrons. The topological polar surface area (TPSA) is 15.3 Å². The summed E-state index contributed by atoms with van der Waals surface area (Å²) in [6, 6.07) is 1.70. The summed E-state index contributed by atoms with van der Waals surface area (Å²) >= 11 is 2.14. The second-order valence-corrected chi connectivity index (χ2v) is 6.31. The lowest BCUT2D eigenvalue weighted by Crippen LogP contribution is -2.51. The van der Waals surface area contributed by atoms with Gasteiger partial charge in [0.2, 0.25) is 0 Å². The molecule has 1 unspecified atom stereocenters. The number of rotatable bonds is 4. The summed E-state index contributed by atoms with van der Waals surface area (Å²) in [7, 11) is 0. The first-order valence-corrected chi connectivity index (χ1v) is 8.11. The molecule has 0 aromatic carbocycles. The van der Waals surface area contributed by atoms with Gasteiger partial charge in [-0.2, -0.15) is 11.8 Å². The Morgan fingerprint density at radius 3 is 2.62 bits per heavy atom. The lowest BCUT2D eigenvalue weighted by atomic mass is 10.0. The molecule has 1 atom stereocenters. The average Bonchev–Trinajstić information content (AvgIpc) is 2.38. The Kier molecular flexibility index (Phi) is 5.46. The molecule has 1 N–H and O–H groups in total. The third-order valence-electron chi connectivity index (χ3n) is 3.88. The standard InChI is InChI=1S/C13H26N2S/c1-2-8-15(12-5-9-16-10-6-12)13-4-3-7-14-11-13/h12-14H,2-11H2,1H3. The number of thioether (sulfide) groups is 1. The van der Waals surface area contributed by atoms with Gasteiger partial charge in [0.05, 0.1) is 0 Å². The molecule has 2 aliphatic rings. The molecule has 0 aromatic heterocycles. The van der Waals surface area contributed by atoms with Crippen molar-refractivity contribution in [1.29, 1.82) is 0 Å². The second kappa shape index (κ2) is 6.87. The fraction of sp³-hybridized carbons (Fsp3) is 1.00. The van der Waals surface area contributed by atoms with E-state index in [1.54, 1.807) is 0 Å². The third kappa shape index (κ3) is 3.38. The Morgan fingerprint density at radius 2 is 2.00 bits per heavy atom. The maximum absolute atomic E-state index is 3.57. The van der Waals surface area contributed by atoms with Crippen LogP contribution in [0.5, 0.6) is 0 Å². The molecule has 0 aliphatic carbocycles. The molecule has 2 aliphatic heterocycles. The van der Waals surface area contributed by atoms with E-state index in [0.717, 1.165) is 12.1 Å². The van der Waals surface area contributed by atoms with E-state index in [0.29, 0.717) is 0 Å². The van der Waals surface area contributed by atoms with Crippen LogP contribution in [-0.2, 0) is 0 Å². The van der Waals surface area contributed by atoms with Gasteiger partial charge in [-0.25, -0.2) is 0 Å². The minimum Gasteiger partial charge on any atom is -0.315 e. The van der Waals surface area contributed by atoms with Gasteiger partial charge in [-0.1, -0.05) is 6.92 Å². The van der Waals surface area contributed by atoms with Crippen LogP contribution in [0.15, 0.2) is 0 Å². The van der Waals surface area contributed by atoms with Crippen LogP contribution < -0.4 is 5.32 Å². The van der Waals surface area contributed by atoms with Crippen molar-refractivity contribution < 1.29 is 0 Å². The van der Waals surface area contributed by atoms with Crippen molar-refractivity contribution in [3.63, 3.8) is 0 Å². The highest BCUT2D eigenvalue weighted by molar-refractivity contribution is 7.99. The predicted molar refractivity (Wildman–Crippen MR) is 73.2 cm³/mol. The van der Waals surface area contributed by atoms with Gasteiger partial charge in [0.1, 0.15) is 0 Å². The number of piperidine rings is 1. The lowest BCUT2D eigenvalue weighted by Gasteiger charge is -2.41. The van der Waals surface area contributed by atoms with Crippen LogP contribution in [0, 0.1) is 0 Å². The van der Waals surface area contributed by atoms with Crippen LogP contribution in [0.4, 0.5) is 0 Å². The molecule has 2 saturated heterocycles. The third-order valence-corrected chi connectivity index (χ3v) is 4.93. The van der Waals surface area contributed by atoms with Crippen molar-refractivity contribution >= 4 is 11.8 Å². The van der Waals surface area contributed by atoms with Crippen LogP contribution in [-0.4, -0.2) is 48.1 Å². The Labute approximate surface area is 105 Å². The van der Waals surface area contributed by atoms with Crippen molar-refractivity contribution in [1.82, 2.24) is 10.2 Å². The summed E-state index contributed by atoms with van der Waals surface area (Å²) in [4.78, 5) is 2.83. The van der Waals surface area contributed by atoms with E-state index >= 15 is 0 Å². The largest absolute Gasteiger partial charge is 0.315 e. The maximum atomic E-state index is 3.57. The molecule has 16 heavy (non-hydrogen) atoms. The molecule has 2 rings (SSSR count). The first kappa shape index (κ1) is 12.7. The summed E-state index contributed by atoms with van der Waals surface area (Å²) in [5.74, 6) is 2.76. The highest BCUT2D eigenvalue weighted by atomic mass is 32.2. The van der Waals surface area contributed by atoms with Gasteiger partial charge in [-0.05, 0) is 56.7 Å². The zero-order valence-corrected chi connectivity index (χ0v) is 11.4. The highest BCUT2D eigenvalue weighted by Crippen LogP contribution is 2.25. The van der Waals surface area contributed by atoms with Crippen LogP contribution in [0.25, 0.3) is 0 Å². The zero-order chi connectivity index (χ0) is 11.2. The summed E-state index contributed by atoms with van der Waals surface area (Å²) in [6.07, 6.45) is 6.92. The van der Waals surface area contributed by atoms with E-state index in [4.69, 9.17) is 0 Å².